The zero-order valence-corrected chi connectivity index (χ0v) is 11.8. The topological polar surface area (TPSA) is 68.2 Å². The Bertz CT molecular complexity index is 788. The van der Waals surface area contributed by atoms with Gasteiger partial charge in [0.05, 0.1) is 5.69 Å². The minimum atomic E-state index is 0.732. The summed E-state index contributed by atoms with van der Waals surface area (Å²) < 4.78 is 1.75. The Hall–Kier alpha value is -2.40. The summed E-state index contributed by atoms with van der Waals surface area (Å²) in [6, 6.07) is 10.1. The molecule has 1 aromatic carbocycles. The number of hydrogen-bond donors (Lipinski definition) is 2. The third-order valence-corrected chi connectivity index (χ3v) is 3.45. The predicted molar refractivity (Wildman–Crippen MR) is 80.4 cm³/mol. The van der Waals surface area contributed by atoms with Crippen molar-refractivity contribution in [3.05, 3.63) is 47.3 Å². The van der Waals surface area contributed by atoms with Gasteiger partial charge in [0, 0.05) is 17.3 Å². The monoisotopic (exact) mass is 267 g/mol. The number of nitrogens with one attached hydrogen (secondary N) is 1. The van der Waals surface area contributed by atoms with Crippen molar-refractivity contribution < 1.29 is 0 Å². The Morgan fingerprint density at radius 1 is 1.15 bits per heavy atom. The summed E-state index contributed by atoms with van der Waals surface area (Å²) in [5.74, 6) is 6.31. The highest BCUT2D eigenvalue weighted by Gasteiger charge is 2.16. The van der Waals surface area contributed by atoms with Gasteiger partial charge in [-0.1, -0.05) is 24.3 Å². The van der Waals surface area contributed by atoms with Crippen LogP contribution in [-0.4, -0.2) is 14.6 Å². The number of fused-ring (bicyclic) bond motifs is 1. The van der Waals surface area contributed by atoms with E-state index in [1.807, 2.05) is 32.0 Å². The van der Waals surface area contributed by atoms with Crippen LogP contribution in [0.2, 0.25) is 0 Å². The maximum absolute atomic E-state index is 5.57. The average Bonchev–Trinajstić information content (AvgIpc) is 2.75. The summed E-state index contributed by atoms with van der Waals surface area (Å²) >= 11 is 0. The van der Waals surface area contributed by atoms with E-state index in [0.717, 1.165) is 34.0 Å². The molecule has 5 nitrogen and oxygen atoms in total. The molecule has 0 saturated carbocycles. The van der Waals surface area contributed by atoms with Crippen LogP contribution >= 0.6 is 0 Å². The van der Waals surface area contributed by atoms with E-state index in [1.165, 1.54) is 5.56 Å². The first-order valence-corrected chi connectivity index (χ1v) is 6.51. The van der Waals surface area contributed by atoms with Gasteiger partial charge in [-0.15, -0.1) is 0 Å². The lowest BCUT2D eigenvalue weighted by Gasteiger charge is -2.07. The first-order valence-electron chi connectivity index (χ1n) is 6.51. The van der Waals surface area contributed by atoms with Gasteiger partial charge in [-0.3, -0.25) is 0 Å². The second-order valence-electron chi connectivity index (χ2n) is 4.94. The Labute approximate surface area is 117 Å². The molecule has 0 aliphatic carbocycles. The molecule has 0 spiro atoms. The van der Waals surface area contributed by atoms with E-state index in [-0.39, 0.29) is 0 Å². The summed E-state index contributed by atoms with van der Waals surface area (Å²) in [7, 11) is 0. The van der Waals surface area contributed by atoms with E-state index in [9.17, 15) is 0 Å². The van der Waals surface area contributed by atoms with Crippen LogP contribution in [-0.2, 0) is 0 Å². The van der Waals surface area contributed by atoms with Gasteiger partial charge in [-0.25, -0.2) is 10.8 Å². The zero-order chi connectivity index (χ0) is 14.3. The van der Waals surface area contributed by atoms with Crippen molar-refractivity contribution in [1.29, 1.82) is 0 Å². The van der Waals surface area contributed by atoms with Crippen LogP contribution < -0.4 is 11.3 Å². The van der Waals surface area contributed by atoms with Gasteiger partial charge in [0.1, 0.15) is 5.82 Å². The van der Waals surface area contributed by atoms with Crippen molar-refractivity contribution in [2.24, 2.45) is 5.84 Å². The summed E-state index contributed by atoms with van der Waals surface area (Å²) in [6.45, 7) is 6.03. The van der Waals surface area contributed by atoms with Gasteiger partial charge in [0.25, 0.3) is 0 Å². The van der Waals surface area contributed by atoms with Crippen LogP contribution in [0.1, 0.15) is 17.0 Å². The minimum absolute atomic E-state index is 0.732. The molecule has 0 atom stereocenters. The number of nitrogens with zero attached hydrogens (tertiary/aromatic N) is 3. The highest BCUT2D eigenvalue weighted by atomic mass is 15.4. The molecule has 0 unspecified atom stereocenters. The molecule has 0 amide bonds. The number of aromatic nitrogens is 3. The minimum Gasteiger partial charge on any atom is -0.308 e. The fourth-order valence-electron chi connectivity index (χ4n) is 2.52. The summed E-state index contributed by atoms with van der Waals surface area (Å²) in [4.78, 5) is 4.63. The number of nitrogen functional groups attached to an aromatic ring is 1. The standard InChI is InChI=1S/C15H17N5/c1-9-6-4-5-7-12(9)14-11(3)19-20-13(18-16)8-10(2)17-15(14)20/h4-8,18H,16H2,1-3H3. The molecule has 20 heavy (non-hydrogen) atoms. The predicted octanol–water partition coefficient (Wildman–Crippen LogP) is 2.61. The van der Waals surface area contributed by atoms with Crippen molar-refractivity contribution in [3.63, 3.8) is 0 Å². The molecule has 0 radical (unpaired) electrons. The average molecular weight is 267 g/mol. The largest absolute Gasteiger partial charge is 0.308 e. The lowest BCUT2D eigenvalue weighted by atomic mass is 10.0. The molecule has 2 aromatic heterocycles. The van der Waals surface area contributed by atoms with Crippen molar-refractivity contribution >= 4 is 11.5 Å². The fourth-order valence-corrected chi connectivity index (χ4v) is 2.52. The first-order chi connectivity index (χ1) is 9.61. The summed E-state index contributed by atoms with van der Waals surface area (Å²) in [6.07, 6.45) is 0. The molecule has 0 fully saturated rings. The van der Waals surface area contributed by atoms with Crippen molar-refractivity contribution in [2.45, 2.75) is 20.8 Å². The van der Waals surface area contributed by atoms with E-state index in [0.29, 0.717) is 0 Å². The summed E-state index contributed by atoms with van der Waals surface area (Å²) in [5.41, 5.74) is 8.76. The van der Waals surface area contributed by atoms with Crippen LogP contribution in [0.4, 0.5) is 5.82 Å². The molecular formula is C15H17N5. The molecule has 0 aliphatic rings. The van der Waals surface area contributed by atoms with E-state index in [1.54, 1.807) is 4.52 Å². The quantitative estimate of drug-likeness (QED) is 0.553. The highest BCUT2D eigenvalue weighted by Crippen LogP contribution is 2.31. The lowest BCUT2D eigenvalue weighted by molar-refractivity contribution is 0.908. The maximum Gasteiger partial charge on any atom is 0.165 e. The number of hydrogen-bond acceptors (Lipinski definition) is 4. The molecule has 3 rings (SSSR count). The molecule has 0 aliphatic heterocycles. The summed E-state index contributed by atoms with van der Waals surface area (Å²) in [5, 5.41) is 4.55. The molecule has 3 aromatic rings. The molecule has 2 heterocycles. The van der Waals surface area contributed by atoms with Crippen LogP contribution in [0, 0.1) is 20.8 Å². The number of anilines is 1. The maximum atomic E-state index is 5.57. The van der Waals surface area contributed by atoms with Crippen molar-refractivity contribution in [1.82, 2.24) is 14.6 Å². The molecular weight excluding hydrogens is 250 g/mol. The van der Waals surface area contributed by atoms with Crippen LogP contribution in [0.5, 0.6) is 0 Å². The number of nitrogens with two attached hydrogens (primary N) is 1. The molecule has 3 N–H and O–H groups in total. The van der Waals surface area contributed by atoms with E-state index < -0.39 is 0 Å². The van der Waals surface area contributed by atoms with E-state index in [2.05, 4.69) is 34.6 Å². The van der Waals surface area contributed by atoms with Crippen LogP contribution in [0.15, 0.2) is 30.3 Å². The Morgan fingerprint density at radius 3 is 2.60 bits per heavy atom. The van der Waals surface area contributed by atoms with Gasteiger partial charge >= 0.3 is 0 Å². The number of aryl methyl sites for hydroxylation is 3. The van der Waals surface area contributed by atoms with Gasteiger partial charge in [0.15, 0.2) is 5.65 Å². The fraction of sp³-hybridized carbons (Fsp3) is 0.200. The third kappa shape index (κ3) is 1.83. The Kier molecular flexibility index (Phi) is 2.91. The van der Waals surface area contributed by atoms with Gasteiger partial charge in [0.2, 0.25) is 0 Å². The van der Waals surface area contributed by atoms with E-state index >= 15 is 0 Å². The Balaban J connectivity index is 2.40. The SMILES string of the molecule is Cc1cc(NN)n2nc(C)c(-c3ccccc3C)c2n1. The third-order valence-electron chi connectivity index (χ3n) is 3.45. The normalized spacial score (nSPS) is 11.0. The number of rotatable bonds is 2. The van der Waals surface area contributed by atoms with Gasteiger partial charge in [-0.2, -0.15) is 9.61 Å². The van der Waals surface area contributed by atoms with Crippen LogP contribution in [0.3, 0.4) is 0 Å². The molecule has 5 heteroatoms. The smallest absolute Gasteiger partial charge is 0.165 e. The lowest BCUT2D eigenvalue weighted by Crippen LogP contribution is -2.12. The van der Waals surface area contributed by atoms with Crippen LogP contribution in [0.25, 0.3) is 16.8 Å². The molecule has 0 saturated heterocycles. The molecule has 102 valence electrons. The second kappa shape index (κ2) is 4.61. The van der Waals surface area contributed by atoms with Gasteiger partial charge in [-0.05, 0) is 31.9 Å². The zero-order valence-electron chi connectivity index (χ0n) is 11.8. The number of hydrazine groups is 1. The van der Waals surface area contributed by atoms with Crippen molar-refractivity contribution in [3.8, 4) is 11.1 Å². The first kappa shape index (κ1) is 12.6. The highest BCUT2D eigenvalue weighted by molar-refractivity contribution is 5.82. The van der Waals surface area contributed by atoms with Gasteiger partial charge < -0.3 is 5.43 Å². The van der Waals surface area contributed by atoms with Crippen molar-refractivity contribution in [2.75, 3.05) is 5.43 Å². The molecule has 0 bridgehead atoms. The van der Waals surface area contributed by atoms with E-state index in [4.69, 9.17) is 5.84 Å². The second-order valence-corrected chi connectivity index (χ2v) is 4.94. The number of benzene rings is 1. The Morgan fingerprint density at radius 2 is 1.90 bits per heavy atom.